The average molecular weight is 282 g/mol. The van der Waals surface area contributed by atoms with Crippen LogP contribution in [0.3, 0.4) is 0 Å². The van der Waals surface area contributed by atoms with Crippen molar-refractivity contribution in [1.82, 2.24) is 4.90 Å². The van der Waals surface area contributed by atoms with Gasteiger partial charge < -0.3 is 14.4 Å². The molecule has 1 amide bonds. The molecule has 1 rings (SSSR count). The molecule has 1 aromatic rings. The number of methoxy groups -OCH3 is 2. The summed E-state index contributed by atoms with van der Waals surface area (Å²) in [5, 5.41) is 10.9. The van der Waals surface area contributed by atoms with Crippen molar-refractivity contribution in [2.45, 2.75) is 13.2 Å². The fraction of sp³-hybridized carbons (Fsp3) is 0.462. The first-order valence-electron chi connectivity index (χ1n) is 5.97. The molecule has 0 unspecified atom stereocenters. The Kier molecular flexibility index (Phi) is 5.60. The van der Waals surface area contributed by atoms with Gasteiger partial charge in [0, 0.05) is 38.5 Å². The summed E-state index contributed by atoms with van der Waals surface area (Å²) in [4.78, 5) is 24.1. The van der Waals surface area contributed by atoms with E-state index in [1.165, 1.54) is 31.3 Å². The normalized spacial score (nSPS) is 10.7. The van der Waals surface area contributed by atoms with E-state index in [1.807, 2.05) is 0 Å². The molecule has 110 valence electrons. The van der Waals surface area contributed by atoms with Crippen LogP contribution in [0.4, 0.5) is 5.69 Å². The molecule has 0 aliphatic carbocycles. The van der Waals surface area contributed by atoms with Crippen LogP contribution >= 0.6 is 0 Å². The minimum absolute atomic E-state index is 0.0701. The number of carbonyl (C=O) groups excluding carboxylic acids is 1. The van der Waals surface area contributed by atoms with Gasteiger partial charge in [-0.25, -0.2) is 0 Å². The van der Waals surface area contributed by atoms with E-state index in [9.17, 15) is 14.9 Å². The topological polar surface area (TPSA) is 81.9 Å². The monoisotopic (exact) mass is 282 g/mol. The number of nitro groups is 1. The van der Waals surface area contributed by atoms with Crippen molar-refractivity contribution in [2.24, 2.45) is 0 Å². The number of nitrogens with zero attached hydrogens (tertiary/aromatic N) is 2. The molecule has 0 saturated carbocycles. The van der Waals surface area contributed by atoms with E-state index in [-0.39, 0.29) is 18.1 Å². The molecular formula is C13H18N2O5. The second-order valence-corrected chi connectivity index (χ2v) is 4.29. The lowest BCUT2D eigenvalue weighted by atomic mass is 10.1. The van der Waals surface area contributed by atoms with Gasteiger partial charge in [0.15, 0.2) is 6.29 Å². The fourth-order valence-corrected chi connectivity index (χ4v) is 1.81. The average Bonchev–Trinajstić information content (AvgIpc) is 2.43. The van der Waals surface area contributed by atoms with Crippen LogP contribution in [0.2, 0.25) is 0 Å². The summed E-state index contributed by atoms with van der Waals surface area (Å²) in [6.45, 7) is 1.79. The van der Waals surface area contributed by atoms with E-state index in [1.54, 1.807) is 20.0 Å². The third-order valence-electron chi connectivity index (χ3n) is 3.03. The lowest BCUT2D eigenvalue weighted by Crippen LogP contribution is -2.36. The number of benzene rings is 1. The first-order chi connectivity index (χ1) is 9.42. The van der Waals surface area contributed by atoms with Gasteiger partial charge in [-0.15, -0.1) is 0 Å². The summed E-state index contributed by atoms with van der Waals surface area (Å²) in [5.74, 6) is -0.315. The number of likely N-dealkylation sites (N-methyl/N-ethyl adjacent to an activating group) is 1. The second kappa shape index (κ2) is 6.97. The minimum Gasteiger partial charge on any atom is -0.354 e. The Hall–Kier alpha value is -1.99. The standard InChI is InChI=1S/C13H18N2O5/c1-9-10(6-5-7-11(9)15(17)18)13(16)14(2)8-12(19-3)20-4/h5-7,12H,8H2,1-4H3. The van der Waals surface area contributed by atoms with Crippen molar-refractivity contribution in [1.29, 1.82) is 0 Å². The summed E-state index contributed by atoms with van der Waals surface area (Å²) >= 11 is 0. The highest BCUT2D eigenvalue weighted by molar-refractivity contribution is 5.96. The van der Waals surface area contributed by atoms with Gasteiger partial charge in [0.25, 0.3) is 11.6 Å². The van der Waals surface area contributed by atoms with Gasteiger partial charge in [-0.3, -0.25) is 14.9 Å². The largest absolute Gasteiger partial charge is 0.354 e. The van der Waals surface area contributed by atoms with Crippen molar-refractivity contribution < 1.29 is 19.2 Å². The van der Waals surface area contributed by atoms with Gasteiger partial charge in [-0.1, -0.05) is 6.07 Å². The van der Waals surface area contributed by atoms with Crippen LogP contribution in [0, 0.1) is 17.0 Å². The van der Waals surface area contributed by atoms with Crippen molar-refractivity contribution in [3.8, 4) is 0 Å². The molecule has 0 aliphatic heterocycles. The van der Waals surface area contributed by atoms with Gasteiger partial charge in [0.05, 0.1) is 11.5 Å². The molecule has 0 fully saturated rings. The Labute approximate surface area is 117 Å². The Balaban J connectivity index is 2.97. The number of rotatable bonds is 6. The van der Waals surface area contributed by atoms with Crippen molar-refractivity contribution in [2.75, 3.05) is 27.8 Å². The van der Waals surface area contributed by atoms with Crippen LogP contribution in [0.1, 0.15) is 15.9 Å². The third-order valence-corrected chi connectivity index (χ3v) is 3.03. The molecule has 20 heavy (non-hydrogen) atoms. The maximum Gasteiger partial charge on any atom is 0.273 e. The molecule has 0 heterocycles. The maximum absolute atomic E-state index is 12.3. The number of hydrogen-bond donors (Lipinski definition) is 0. The van der Waals surface area contributed by atoms with Crippen LogP contribution in [-0.2, 0) is 9.47 Å². The molecule has 0 saturated heterocycles. The lowest BCUT2D eigenvalue weighted by molar-refractivity contribution is -0.385. The van der Waals surface area contributed by atoms with E-state index in [0.29, 0.717) is 11.1 Å². The molecule has 0 atom stereocenters. The van der Waals surface area contributed by atoms with E-state index in [0.717, 1.165) is 0 Å². The summed E-state index contributed by atoms with van der Waals surface area (Å²) < 4.78 is 10.0. The van der Waals surface area contributed by atoms with Gasteiger partial charge in [0.1, 0.15) is 0 Å². The molecule has 7 heteroatoms. The molecule has 0 aliphatic rings. The molecule has 0 bridgehead atoms. The highest BCUT2D eigenvalue weighted by Crippen LogP contribution is 2.22. The first-order valence-corrected chi connectivity index (χ1v) is 5.97. The predicted molar refractivity (Wildman–Crippen MR) is 72.6 cm³/mol. The number of ether oxygens (including phenoxy) is 2. The van der Waals surface area contributed by atoms with Gasteiger partial charge in [-0.2, -0.15) is 0 Å². The Morgan fingerprint density at radius 3 is 2.50 bits per heavy atom. The van der Waals surface area contributed by atoms with Gasteiger partial charge in [0.2, 0.25) is 0 Å². The van der Waals surface area contributed by atoms with E-state index in [4.69, 9.17) is 9.47 Å². The number of amides is 1. The summed E-state index contributed by atoms with van der Waals surface area (Å²) in [7, 11) is 4.54. The Bertz CT molecular complexity index is 500. The zero-order valence-electron chi connectivity index (χ0n) is 12.0. The zero-order chi connectivity index (χ0) is 15.3. The molecule has 0 N–H and O–H groups in total. The molecule has 1 aromatic carbocycles. The first kappa shape index (κ1) is 16.1. The smallest absolute Gasteiger partial charge is 0.273 e. The number of nitro benzene ring substituents is 1. The number of carbonyl (C=O) groups is 1. The van der Waals surface area contributed by atoms with Crippen molar-refractivity contribution in [3.05, 3.63) is 39.4 Å². The maximum atomic E-state index is 12.3. The molecule has 0 aromatic heterocycles. The quantitative estimate of drug-likeness (QED) is 0.449. The fourth-order valence-electron chi connectivity index (χ4n) is 1.81. The Morgan fingerprint density at radius 1 is 1.40 bits per heavy atom. The Morgan fingerprint density at radius 2 is 2.00 bits per heavy atom. The van der Waals surface area contributed by atoms with Crippen LogP contribution < -0.4 is 0 Å². The summed E-state index contributed by atoms with van der Waals surface area (Å²) in [6, 6.07) is 4.44. The summed E-state index contributed by atoms with van der Waals surface area (Å²) in [5.41, 5.74) is 0.577. The van der Waals surface area contributed by atoms with Gasteiger partial charge >= 0.3 is 0 Å². The van der Waals surface area contributed by atoms with Gasteiger partial charge in [-0.05, 0) is 13.0 Å². The highest BCUT2D eigenvalue weighted by Gasteiger charge is 2.22. The van der Waals surface area contributed by atoms with Crippen molar-refractivity contribution >= 4 is 11.6 Å². The minimum atomic E-state index is -0.539. The van der Waals surface area contributed by atoms with Crippen LogP contribution in [0.15, 0.2) is 18.2 Å². The van der Waals surface area contributed by atoms with Crippen molar-refractivity contribution in [3.63, 3.8) is 0 Å². The van der Waals surface area contributed by atoms with E-state index >= 15 is 0 Å². The van der Waals surface area contributed by atoms with Crippen LogP contribution in [0.5, 0.6) is 0 Å². The third kappa shape index (κ3) is 3.52. The zero-order valence-corrected chi connectivity index (χ0v) is 12.0. The van der Waals surface area contributed by atoms with Crippen LogP contribution in [0.25, 0.3) is 0 Å². The van der Waals surface area contributed by atoms with E-state index in [2.05, 4.69) is 0 Å². The molecular weight excluding hydrogens is 264 g/mol. The predicted octanol–water partition coefficient (Wildman–Crippen LogP) is 1.59. The lowest BCUT2D eigenvalue weighted by Gasteiger charge is -2.22. The molecule has 0 spiro atoms. The van der Waals surface area contributed by atoms with E-state index < -0.39 is 11.2 Å². The molecule has 7 nitrogen and oxygen atoms in total. The highest BCUT2D eigenvalue weighted by atomic mass is 16.7. The number of hydrogen-bond acceptors (Lipinski definition) is 5. The van der Waals surface area contributed by atoms with Crippen LogP contribution in [-0.4, -0.2) is 49.8 Å². The summed E-state index contributed by atoms with van der Waals surface area (Å²) in [6.07, 6.45) is -0.539. The molecule has 0 radical (unpaired) electrons. The SMILES string of the molecule is COC(CN(C)C(=O)c1cccc([N+](=O)[O-])c1C)OC. The second-order valence-electron chi connectivity index (χ2n) is 4.29.